The summed E-state index contributed by atoms with van der Waals surface area (Å²) in [6.45, 7) is 3.28. The van der Waals surface area contributed by atoms with E-state index >= 15 is 0 Å². The molecule has 0 atom stereocenters. The van der Waals surface area contributed by atoms with Crippen LogP contribution in [0.2, 0.25) is 0 Å². The SMILES string of the molecule is CCCOCc1nc(NN)cc(C2CC2)n1. The number of nitrogens with one attached hydrogen (secondary N) is 1. The third-order valence-electron chi connectivity index (χ3n) is 2.52. The average Bonchev–Trinajstić information content (AvgIpc) is 3.13. The van der Waals surface area contributed by atoms with E-state index in [1.807, 2.05) is 6.07 Å². The molecular weight excluding hydrogens is 204 g/mol. The molecule has 0 unspecified atom stereocenters. The normalized spacial score (nSPS) is 15.1. The number of anilines is 1. The molecule has 5 nitrogen and oxygen atoms in total. The van der Waals surface area contributed by atoms with Crippen molar-refractivity contribution in [1.29, 1.82) is 0 Å². The number of aromatic nitrogens is 2. The summed E-state index contributed by atoms with van der Waals surface area (Å²) in [6, 6.07) is 1.92. The molecule has 16 heavy (non-hydrogen) atoms. The lowest BCUT2D eigenvalue weighted by atomic mass is 10.3. The summed E-state index contributed by atoms with van der Waals surface area (Å²) in [6.07, 6.45) is 3.44. The quantitative estimate of drug-likeness (QED) is 0.434. The third-order valence-corrected chi connectivity index (χ3v) is 2.52. The average molecular weight is 222 g/mol. The number of hydrazine groups is 1. The molecule has 88 valence electrons. The number of nitrogen functional groups attached to an aromatic ring is 1. The van der Waals surface area contributed by atoms with E-state index in [9.17, 15) is 0 Å². The highest BCUT2D eigenvalue weighted by molar-refractivity contribution is 5.36. The van der Waals surface area contributed by atoms with Gasteiger partial charge in [-0.3, -0.25) is 0 Å². The van der Waals surface area contributed by atoms with Gasteiger partial charge in [0.2, 0.25) is 0 Å². The van der Waals surface area contributed by atoms with Gasteiger partial charge in [0.05, 0.1) is 0 Å². The Labute approximate surface area is 95.4 Å². The summed E-state index contributed by atoms with van der Waals surface area (Å²) in [5.74, 6) is 7.37. The van der Waals surface area contributed by atoms with Gasteiger partial charge in [-0.2, -0.15) is 0 Å². The highest BCUT2D eigenvalue weighted by atomic mass is 16.5. The van der Waals surface area contributed by atoms with Crippen LogP contribution in [-0.2, 0) is 11.3 Å². The summed E-state index contributed by atoms with van der Waals surface area (Å²) >= 11 is 0. The first kappa shape index (κ1) is 11.3. The minimum absolute atomic E-state index is 0.461. The molecule has 1 aromatic heterocycles. The van der Waals surface area contributed by atoms with Crippen LogP contribution in [-0.4, -0.2) is 16.6 Å². The monoisotopic (exact) mass is 222 g/mol. The van der Waals surface area contributed by atoms with Gasteiger partial charge in [-0.25, -0.2) is 15.8 Å². The Hall–Kier alpha value is -1.20. The molecule has 3 N–H and O–H groups in total. The zero-order valence-electron chi connectivity index (χ0n) is 9.57. The van der Waals surface area contributed by atoms with Crippen LogP contribution in [0.15, 0.2) is 6.07 Å². The number of ether oxygens (including phenoxy) is 1. The Morgan fingerprint density at radius 1 is 1.50 bits per heavy atom. The molecule has 5 heteroatoms. The maximum Gasteiger partial charge on any atom is 0.156 e. The fourth-order valence-electron chi connectivity index (χ4n) is 1.55. The lowest BCUT2D eigenvalue weighted by Gasteiger charge is -2.07. The number of nitrogens with zero attached hydrogens (tertiary/aromatic N) is 2. The van der Waals surface area contributed by atoms with Crippen LogP contribution in [0.4, 0.5) is 5.82 Å². The van der Waals surface area contributed by atoms with Crippen molar-refractivity contribution in [3.8, 4) is 0 Å². The molecule has 0 bridgehead atoms. The standard InChI is InChI=1S/C11H18N4O/c1-2-5-16-7-11-13-9(8-3-4-8)6-10(14-11)15-12/h6,8H,2-5,7,12H2,1H3,(H,13,14,15). The van der Waals surface area contributed by atoms with Gasteiger partial charge < -0.3 is 10.2 Å². The molecular formula is C11H18N4O. The van der Waals surface area contributed by atoms with E-state index in [0.29, 0.717) is 24.2 Å². The van der Waals surface area contributed by atoms with Gasteiger partial charge in [0.25, 0.3) is 0 Å². The van der Waals surface area contributed by atoms with Crippen molar-refractivity contribution in [3.05, 3.63) is 17.6 Å². The maximum absolute atomic E-state index is 5.43. The summed E-state index contributed by atoms with van der Waals surface area (Å²) in [5.41, 5.74) is 3.66. The van der Waals surface area contributed by atoms with Crippen LogP contribution in [0.1, 0.15) is 43.6 Å². The second kappa shape index (κ2) is 5.23. The van der Waals surface area contributed by atoms with Crippen LogP contribution in [0.5, 0.6) is 0 Å². The largest absolute Gasteiger partial charge is 0.373 e. The third kappa shape index (κ3) is 2.90. The van der Waals surface area contributed by atoms with Crippen LogP contribution in [0, 0.1) is 0 Å². The topological polar surface area (TPSA) is 73.1 Å². The van der Waals surface area contributed by atoms with Crippen LogP contribution >= 0.6 is 0 Å². The molecule has 1 aromatic rings. The molecule has 1 fully saturated rings. The summed E-state index contributed by atoms with van der Waals surface area (Å²) < 4.78 is 5.43. The Bertz CT molecular complexity index is 352. The van der Waals surface area contributed by atoms with Crippen molar-refractivity contribution in [3.63, 3.8) is 0 Å². The van der Waals surface area contributed by atoms with E-state index in [0.717, 1.165) is 18.7 Å². The number of nitrogens with two attached hydrogens (primary N) is 1. The maximum atomic E-state index is 5.43. The van der Waals surface area contributed by atoms with Gasteiger partial charge in [0.1, 0.15) is 12.4 Å². The van der Waals surface area contributed by atoms with E-state index in [2.05, 4.69) is 22.3 Å². The van der Waals surface area contributed by atoms with Crippen LogP contribution in [0.25, 0.3) is 0 Å². The molecule has 0 saturated heterocycles. The van der Waals surface area contributed by atoms with Crippen molar-refractivity contribution in [2.75, 3.05) is 12.0 Å². The molecule has 1 aliphatic carbocycles. The van der Waals surface area contributed by atoms with E-state index in [-0.39, 0.29) is 0 Å². The smallest absolute Gasteiger partial charge is 0.156 e. The molecule has 0 spiro atoms. The van der Waals surface area contributed by atoms with Crippen molar-refractivity contribution in [1.82, 2.24) is 9.97 Å². The Morgan fingerprint density at radius 2 is 2.31 bits per heavy atom. The first-order valence-electron chi connectivity index (χ1n) is 5.75. The second-order valence-corrected chi connectivity index (χ2v) is 4.07. The fraction of sp³-hybridized carbons (Fsp3) is 0.636. The molecule has 1 aliphatic rings. The highest BCUT2D eigenvalue weighted by Crippen LogP contribution is 2.39. The lowest BCUT2D eigenvalue weighted by Crippen LogP contribution is -2.12. The first-order valence-corrected chi connectivity index (χ1v) is 5.75. The first-order chi connectivity index (χ1) is 7.83. The summed E-state index contributed by atoms with van der Waals surface area (Å²) in [5, 5.41) is 0. The Balaban J connectivity index is 2.06. The molecule has 0 aromatic carbocycles. The van der Waals surface area contributed by atoms with Gasteiger partial charge in [-0.15, -0.1) is 0 Å². The lowest BCUT2D eigenvalue weighted by molar-refractivity contribution is 0.116. The predicted octanol–water partition coefficient (Wildman–Crippen LogP) is 1.57. The van der Waals surface area contributed by atoms with Crippen molar-refractivity contribution in [2.24, 2.45) is 5.84 Å². The van der Waals surface area contributed by atoms with Gasteiger partial charge in [-0.05, 0) is 19.3 Å². The zero-order chi connectivity index (χ0) is 11.4. The molecule has 1 heterocycles. The second-order valence-electron chi connectivity index (χ2n) is 4.07. The number of rotatable bonds is 6. The van der Waals surface area contributed by atoms with Crippen LogP contribution in [0.3, 0.4) is 0 Å². The molecule has 0 radical (unpaired) electrons. The van der Waals surface area contributed by atoms with E-state index < -0.39 is 0 Å². The molecule has 2 rings (SSSR count). The fourth-order valence-corrected chi connectivity index (χ4v) is 1.55. The number of hydrogen-bond acceptors (Lipinski definition) is 5. The van der Waals surface area contributed by atoms with Crippen molar-refractivity contribution < 1.29 is 4.74 Å². The van der Waals surface area contributed by atoms with E-state index in [1.165, 1.54) is 12.8 Å². The summed E-state index contributed by atoms with van der Waals surface area (Å²) in [7, 11) is 0. The predicted molar refractivity (Wildman–Crippen MR) is 61.8 cm³/mol. The van der Waals surface area contributed by atoms with Crippen molar-refractivity contribution >= 4 is 5.82 Å². The molecule has 0 aliphatic heterocycles. The van der Waals surface area contributed by atoms with Crippen LogP contribution < -0.4 is 11.3 Å². The zero-order valence-corrected chi connectivity index (χ0v) is 9.57. The van der Waals surface area contributed by atoms with E-state index in [4.69, 9.17) is 10.6 Å². The highest BCUT2D eigenvalue weighted by Gasteiger charge is 2.26. The van der Waals surface area contributed by atoms with Gasteiger partial charge in [-0.1, -0.05) is 6.92 Å². The van der Waals surface area contributed by atoms with E-state index in [1.54, 1.807) is 0 Å². The number of hydrogen-bond donors (Lipinski definition) is 2. The Morgan fingerprint density at radius 3 is 2.94 bits per heavy atom. The van der Waals surface area contributed by atoms with Crippen molar-refractivity contribution in [2.45, 2.75) is 38.7 Å². The Kier molecular flexibility index (Phi) is 3.69. The minimum atomic E-state index is 0.461. The van der Waals surface area contributed by atoms with Gasteiger partial charge in [0.15, 0.2) is 5.82 Å². The van der Waals surface area contributed by atoms with Gasteiger partial charge >= 0.3 is 0 Å². The van der Waals surface area contributed by atoms with Gasteiger partial charge in [0, 0.05) is 24.3 Å². The molecule has 0 amide bonds. The summed E-state index contributed by atoms with van der Waals surface area (Å²) in [4.78, 5) is 8.75. The minimum Gasteiger partial charge on any atom is -0.373 e. The molecule has 1 saturated carbocycles.